The topological polar surface area (TPSA) is 67.8 Å². The van der Waals surface area contributed by atoms with Crippen molar-refractivity contribution in [1.82, 2.24) is 5.32 Å². The van der Waals surface area contributed by atoms with Gasteiger partial charge in [-0.25, -0.2) is 4.79 Å². The SMILES string of the molecule is CCOC(=O)C(O)COCC1NCc2ccccc21. The van der Waals surface area contributed by atoms with Crippen LogP contribution in [0.2, 0.25) is 0 Å². The summed E-state index contributed by atoms with van der Waals surface area (Å²) in [6.07, 6.45) is -1.21. The highest BCUT2D eigenvalue weighted by Gasteiger charge is 2.22. The van der Waals surface area contributed by atoms with Crippen molar-refractivity contribution in [2.45, 2.75) is 25.6 Å². The number of rotatable bonds is 6. The first-order valence-electron chi connectivity index (χ1n) is 6.46. The van der Waals surface area contributed by atoms with E-state index in [1.54, 1.807) is 6.92 Å². The summed E-state index contributed by atoms with van der Waals surface area (Å²) in [7, 11) is 0. The van der Waals surface area contributed by atoms with Crippen LogP contribution in [0.25, 0.3) is 0 Å². The Kier molecular flexibility index (Phi) is 4.90. The maximum atomic E-state index is 11.2. The van der Waals surface area contributed by atoms with Crippen LogP contribution in [0.4, 0.5) is 0 Å². The number of hydrogen-bond acceptors (Lipinski definition) is 5. The number of hydrogen-bond donors (Lipinski definition) is 2. The van der Waals surface area contributed by atoms with Gasteiger partial charge in [-0.1, -0.05) is 24.3 Å². The molecule has 1 aliphatic heterocycles. The average molecular weight is 265 g/mol. The molecule has 0 radical (unpaired) electrons. The lowest BCUT2D eigenvalue weighted by molar-refractivity contribution is -0.156. The quantitative estimate of drug-likeness (QED) is 0.744. The lowest BCUT2D eigenvalue weighted by Crippen LogP contribution is -2.29. The summed E-state index contributed by atoms with van der Waals surface area (Å²) in [5.74, 6) is -0.637. The summed E-state index contributed by atoms with van der Waals surface area (Å²) >= 11 is 0. The second kappa shape index (κ2) is 6.65. The molecule has 2 N–H and O–H groups in total. The van der Waals surface area contributed by atoms with Gasteiger partial charge in [-0.05, 0) is 18.1 Å². The third kappa shape index (κ3) is 3.53. The van der Waals surface area contributed by atoms with Gasteiger partial charge >= 0.3 is 5.97 Å². The fourth-order valence-electron chi connectivity index (χ4n) is 2.13. The van der Waals surface area contributed by atoms with Crippen LogP contribution in [-0.4, -0.2) is 37.0 Å². The molecule has 2 rings (SSSR count). The van der Waals surface area contributed by atoms with Gasteiger partial charge in [0.1, 0.15) is 0 Å². The van der Waals surface area contributed by atoms with E-state index in [1.165, 1.54) is 11.1 Å². The minimum Gasteiger partial charge on any atom is -0.464 e. The van der Waals surface area contributed by atoms with E-state index in [1.807, 2.05) is 12.1 Å². The Morgan fingerprint density at radius 3 is 3.11 bits per heavy atom. The molecule has 1 heterocycles. The summed E-state index contributed by atoms with van der Waals surface area (Å²) in [5.41, 5.74) is 2.48. The Morgan fingerprint density at radius 1 is 1.53 bits per heavy atom. The van der Waals surface area contributed by atoms with Crippen LogP contribution in [-0.2, 0) is 20.8 Å². The van der Waals surface area contributed by atoms with Gasteiger partial charge in [-0.15, -0.1) is 0 Å². The molecule has 2 atom stereocenters. The van der Waals surface area contributed by atoms with E-state index in [2.05, 4.69) is 17.4 Å². The lowest BCUT2D eigenvalue weighted by Gasteiger charge is -2.14. The van der Waals surface area contributed by atoms with E-state index in [-0.39, 0.29) is 19.3 Å². The van der Waals surface area contributed by atoms with Gasteiger partial charge in [0.15, 0.2) is 6.10 Å². The number of fused-ring (bicyclic) bond motifs is 1. The first kappa shape index (κ1) is 14.0. The number of aliphatic hydroxyl groups excluding tert-OH is 1. The van der Waals surface area contributed by atoms with E-state index < -0.39 is 12.1 Å². The molecule has 5 heteroatoms. The Morgan fingerprint density at radius 2 is 2.32 bits per heavy atom. The zero-order valence-electron chi connectivity index (χ0n) is 11.0. The summed E-state index contributed by atoms with van der Waals surface area (Å²) in [4.78, 5) is 11.2. The molecule has 0 aromatic heterocycles. The second-order valence-corrected chi connectivity index (χ2v) is 4.44. The smallest absolute Gasteiger partial charge is 0.337 e. The molecule has 0 saturated carbocycles. The Bertz CT molecular complexity index is 435. The Hall–Kier alpha value is -1.43. The summed E-state index contributed by atoms with van der Waals surface area (Å²) in [6, 6.07) is 8.26. The van der Waals surface area contributed by atoms with E-state index >= 15 is 0 Å². The normalized spacial score (nSPS) is 18.9. The van der Waals surface area contributed by atoms with Crippen LogP contribution in [0.1, 0.15) is 24.1 Å². The Labute approximate surface area is 112 Å². The fraction of sp³-hybridized carbons (Fsp3) is 0.500. The number of nitrogens with one attached hydrogen (secondary N) is 1. The zero-order chi connectivity index (χ0) is 13.7. The minimum atomic E-state index is -1.21. The van der Waals surface area contributed by atoms with Crippen molar-refractivity contribution >= 4 is 5.97 Å². The molecule has 1 aliphatic rings. The van der Waals surface area contributed by atoms with Crippen LogP contribution in [0.15, 0.2) is 24.3 Å². The second-order valence-electron chi connectivity index (χ2n) is 4.44. The molecular formula is C14H19NO4. The highest BCUT2D eigenvalue weighted by Crippen LogP contribution is 2.24. The molecule has 1 aromatic carbocycles. The molecule has 0 aliphatic carbocycles. The molecule has 1 aromatic rings. The molecule has 0 fully saturated rings. The van der Waals surface area contributed by atoms with Gasteiger partial charge in [0.2, 0.25) is 0 Å². The van der Waals surface area contributed by atoms with Crippen molar-refractivity contribution in [2.75, 3.05) is 19.8 Å². The molecule has 104 valence electrons. The molecule has 2 unspecified atom stereocenters. The number of ether oxygens (including phenoxy) is 2. The maximum absolute atomic E-state index is 11.2. The van der Waals surface area contributed by atoms with Crippen molar-refractivity contribution < 1.29 is 19.4 Å². The molecule has 0 bridgehead atoms. The molecule has 19 heavy (non-hydrogen) atoms. The van der Waals surface area contributed by atoms with Gasteiger partial charge in [-0.3, -0.25) is 0 Å². The highest BCUT2D eigenvalue weighted by atomic mass is 16.6. The molecular weight excluding hydrogens is 246 g/mol. The monoisotopic (exact) mass is 265 g/mol. The average Bonchev–Trinajstić information content (AvgIpc) is 2.82. The zero-order valence-corrected chi connectivity index (χ0v) is 11.0. The third-order valence-corrected chi connectivity index (χ3v) is 3.09. The molecule has 5 nitrogen and oxygen atoms in total. The molecule has 0 saturated heterocycles. The number of carbonyl (C=O) groups excluding carboxylic acids is 1. The van der Waals surface area contributed by atoms with Crippen LogP contribution < -0.4 is 5.32 Å². The van der Waals surface area contributed by atoms with Crippen molar-refractivity contribution in [3.63, 3.8) is 0 Å². The number of aliphatic hydroxyl groups is 1. The standard InChI is InChI=1S/C14H19NO4/c1-2-19-14(17)13(16)9-18-8-12-11-6-4-3-5-10(11)7-15-12/h3-6,12-13,15-16H,2,7-9H2,1H3. The minimum absolute atomic E-state index is 0.0425. The summed E-state index contributed by atoms with van der Waals surface area (Å²) < 4.78 is 10.1. The predicted octanol–water partition coefficient (Wildman–Crippen LogP) is 0.771. The van der Waals surface area contributed by atoms with Crippen molar-refractivity contribution in [3.05, 3.63) is 35.4 Å². The molecule has 0 spiro atoms. The molecule has 0 amide bonds. The Balaban J connectivity index is 1.77. The van der Waals surface area contributed by atoms with Crippen LogP contribution in [0.5, 0.6) is 0 Å². The van der Waals surface area contributed by atoms with Crippen molar-refractivity contribution in [3.8, 4) is 0 Å². The van der Waals surface area contributed by atoms with Gasteiger partial charge in [-0.2, -0.15) is 0 Å². The van der Waals surface area contributed by atoms with E-state index in [9.17, 15) is 9.90 Å². The van der Waals surface area contributed by atoms with Gasteiger partial charge in [0.25, 0.3) is 0 Å². The fourth-order valence-corrected chi connectivity index (χ4v) is 2.13. The highest BCUT2D eigenvalue weighted by molar-refractivity contribution is 5.74. The van der Waals surface area contributed by atoms with E-state index in [4.69, 9.17) is 9.47 Å². The van der Waals surface area contributed by atoms with Gasteiger partial charge < -0.3 is 19.9 Å². The van der Waals surface area contributed by atoms with E-state index in [0.717, 1.165) is 6.54 Å². The van der Waals surface area contributed by atoms with Crippen LogP contribution >= 0.6 is 0 Å². The van der Waals surface area contributed by atoms with Gasteiger partial charge in [0, 0.05) is 6.54 Å². The lowest BCUT2D eigenvalue weighted by atomic mass is 10.1. The maximum Gasteiger partial charge on any atom is 0.337 e. The first-order chi connectivity index (χ1) is 9.22. The van der Waals surface area contributed by atoms with Crippen LogP contribution in [0.3, 0.4) is 0 Å². The third-order valence-electron chi connectivity index (χ3n) is 3.09. The van der Waals surface area contributed by atoms with Gasteiger partial charge in [0.05, 0.1) is 25.9 Å². The largest absolute Gasteiger partial charge is 0.464 e. The first-order valence-corrected chi connectivity index (χ1v) is 6.46. The van der Waals surface area contributed by atoms with Crippen molar-refractivity contribution in [1.29, 1.82) is 0 Å². The van der Waals surface area contributed by atoms with Crippen LogP contribution in [0, 0.1) is 0 Å². The van der Waals surface area contributed by atoms with E-state index in [0.29, 0.717) is 6.61 Å². The number of carbonyl (C=O) groups is 1. The number of esters is 1. The predicted molar refractivity (Wildman–Crippen MR) is 69.5 cm³/mol. The summed E-state index contributed by atoms with van der Waals surface area (Å²) in [6.45, 7) is 3.16. The van der Waals surface area contributed by atoms with Crippen molar-refractivity contribution in [2.24, 2.45) is 0 Å². The number of benzene rings is 1. The summed E-state index contributed by atoms with van der Waals surface area (Å²) in [5, 5.41) is 12.8.